The summed E-state index contributed by atoms with van der Waals surface area (Å²) < 4.78 is 37.3. The molecule has 9 heteroatoms. The summed E-state index contributed by atoms with van der Waals surface area (Å²) in [7, 11) is 0.0411. The number of sulfonamides is 1. The van der Waals surface area contributed by atoms with Gasteiger partial charge in [0.25, 0.3) is 15.9 Å². The van der Waals surface area contributed by atoms with Gasteiger partial charge < -0.3 is 14.2 Å². The van der Waals surface area contributed by atoms with Gasteiger partial charge in [0, 0.05) is 12.6 Å². The molecular formula is C16H21N3O5S. The van der Waals surface area contributed by atoms with Crippen molar-refractivity contribution in [3.63, 3.8) is 0 Å². The van der Waals surface area contributed by atoms with E-state index < -0.39 is 15.9 Å². The Morgan fingerprint density at radius 3 is 2.68 bits per heavy atom. The third kappa shape index (κ3) is 4.30. The molecule has 2 heterocycles. The molecule has 1 saturated carbocycles. The Morgan fingerprint density at radius 2 is 2.08 bits per heavy atom. The van der Waals surface area contributed by atoms with Crippen LogP contribution in [-0.4, -0.2) is 45.9 Å². The predicted molar refractivity (Wildman–Crippen MR) is 89.5 cm³/mol. The molecule has 25 heavy (non-hydrogen) atoms. The van der Waals surface area contributed by atoms with E-state index in [1.54, 1.807) is 12.3 Å². The second-order valence-corrected chi connectivity index (χ2v) is 7.86. The maximum atomic E-state index is 12.2. The summed E-state index contributed by atoms with van der Waals surface area (Å²) >= 11 is 0. The van der Waals surface area contributed by atoms with E-state index in [2.05, 4.69) is 10.0 Å². The van der Waals surface area contributed by atoms with Crippen LogP contribution in [0.1, 0.15) is 35.2 Å². The molecular weight excluding hydrogens is 346 g/mol. The monoisotopic (exact) mass is 367 g/mol. The standard InChI is InChI=1S/C16H21N3O5S/c1-19(2)12(13-4-3-9-23-13)10-17-16(20)14-7-8-15(24-14)25(21,22)18-11-5-6-11/h3-4,7-9,11-12,18H,5-6,10H2,1-2H3,(H,17,20)/t12-/m0/s1. The Morgan fingerprint density at radius 1 is 1.32 bits per heavy atom. The summed E-state index contributed by atoms with van der Waals surface area (Å²) in [5, 5.41) is 2.49. The largest absolute Gasteiger partial charge is 0.468 e. The fraction of sp³-hybridized carbons (Fsp3) is 0.438. The summed E-state index contributed by atoms with van der Waals surface area (Å²) in [6.07, 6.45) is 3.22. The Hall–Kier alpha value is -2.10. The number of hydrogen-bond donors (Lipinski definition) is 2. The van der Waals surface area contributed by atoms with E-state index in [1.807, 2.05) is 25.1 Å². The van der Waals surface area contributed by atoms with Gasteiger partial charge in [0.1, 0.15) is 5.76 Å². The lowest BCUT2D eigenvalue weighted by atomic mass is 10.2. The maximum Gasteiger partial charge on any atom is 0.287 e. The first-order valence-corrected chi connectivity index (χ1v) is 9.45. The highest BCUT2D eigenvalue weighted by Crippen LogP contribution is 2.23. The van der Waals surface area contributed by atoms with Gasteiger partial charge in [0.2, 0.25) is 5.09 Å². The highest BCUT2D eigenvalue weighted by atomic mass is 32.2. The minimum atomic E-state index is -3.71. The van der Waals surface area contributed by atoms with Gasteiger partial charge in [-0.15, -0.1) is 0 Å². The second-order valence-electron chi connectivity index (χ2n) is 6.22. The van der Waals surface area contributed by atoms with Crippen LogP contribution in [0.4, 0.5) is 0 Å². The van der Waals surface area contributed by atoms with Crippen molar-refractivity contribution < 1.29 is 22.0 Å². The highest BCUT2D eigenvalue weighted by molar-refractivity contribution is 7.89. The lowest BCUT2D eigenvalue weighted by Crippen LogP contribution is -2.34. The van der Waals surface area contributed by atoms with Crippen molar-refractivity contribution in [1.82, 2.24) is 14.9 Å². The molecule has 8 nitrogen and oxygen atoms in total. The zero-order valence-corrected chi connectivity index (χ0v) is 14.9. The fourth-order valence-corrected chi connectivity index (χ4v) is 3.60. The lowest BCUT2D eigenvalue weighted by Gasteiger charge is -2.22. The van der Waals surface area contributed by atoms with Crippen LogP contribution in [0.25, 0.3) is 0 Å². The average Bonchev–Trinajstić information content (AvgIpc) is 3.05. The Labute approximate surface area is 146 Å². The third-order valence-corrected chi connectivity index (χ3v) is 5.31. The first-order chi connectivity index (χ1) is 11.9. The van der Waals surface area contributed by atoms with Crippen molar-refractivity contribution in [2.24, 2.45) is 0 Å². The van der Waals surface area contributed by atoms with Crippen molar-refractivity contribution in [2.45, 2.75) is 30.0 Å². The molecule has 3 rings (SSSR count). The zero-order valence-electron chi connectivity index (χ0n) is 14.1. The van der Waals surface area contributed by atoms with Gasteiger partial charge in [-0.25, -0.2) is 13.1 Å². The van der Waals surface area contributed by atoms with Gasteiger partial charge in [-0.05, 0) is 51.2 Å². The van der Waals surface area contributed by atoms with E-state index >= 15 is 0 Å². The van der Waals surface area contributed by atoms with Crippen molar-refractivity contribution in [3.8, 4) is 0 Å². The summed E-state index contributed by atoms with van der Waals surface area (Å²) in [5.41, 5.74) is 0. The molecule has 0 saturated heterocycles. The molecule has 0 spiro atoms. The average molecular weight is 367 g/mol. The molecule has 2 aromatic rings. The smallest absolute Gasteiger partial charge is 0.287 e. The molecule has 2 aromatic heterocycles. The van der Waals surface area contributed by atoms with Gasteiger partial charge in [0.05, 0.1) is 12.3 Å². The van der Waals surface area contributed by atoms with Gasteiger partial charge >= 0.3 is 0 Å². The van der Waals surface area contributed by atoms with Crippen molar-refractivity contribution >= 4 is 15.9 Å². The van der Waals surface area contributed by atoms with E-state index in [9.17, 15) is 13.2 Å². The van der Waals surface area contributed by atoms with Crippen molar-refractivity contribution in [3.05, 3.63) is 42.0 Å². The SMILES string of the molecule is CN(C)[C@@H](CNC(=O)c1ccc(S(=O)(=O)NC2CC2)o1)c1ccco1. The fourth-order valence-electron chi connectivity index (χ4n) is 2.36. The summed E-state index contributed by atoms with van der Waals surface area (Å²) in [6, 6.07) is 6.08. The second kappa shape index (κ2) is 7.03. The third-order valence-electron chi connectivity index (χ3n) is 3.92. The number of carbonyl (C=O) groups is 1. The molecule has 1 amide bonds. The topological polar surface area (TPSA) is 105 Å². The Balaban J connectivity index is 1.63. The number of rotatable bonds is 8. The predicted octanol–water partition coefficient (Wildman–Crippen LogP) is 1.35. The maximum absolute atomic E-state index is 12.2. The van der Waals surface area contributed by atoms with Crippen LogP contribution < -0.4 is 10.0 Å². The number of carbonyl (C=O) groups excluding carboxylic acids is 1. The van der Waals surface area contributed by atoms with Gasteiger partial charge in [-0.3, -0.25) is 9.69 Å². The van der Waals surface area contributed by atoms with Crippen LogP contribution in [-0.2, 0) is 10.0 Å². The molecule has 0 aromatic carbocycles. The molecule has 0 radical (unpaired) electrons. The van der Waals surface area contributed by atoms with E-state index in [0.29, 0.717) is 6.54 Å². The normalized spacial score (nSPS) is 16.1. The molecule has 136 valence electrons. The van der Waals surface area contributed by atoms with Gasteiger partial charge in [-0.2, -0.15) is 0 Å². The van der Waals surface area contributed by atoms with Crippen LogP contribution in [0.2, 0.25) is 0 Å². The summed E-state index contributed by atoms with van der Waals surface area (Å²) in [5.74, 6) is 0.195. The van der Waals surface area contributed by atoms with Gasteiger partial charge in [-0.1, -0.05) is 0 Å². The number of likely N-dealkylation sites (N-methyl/N-ethyl adjacent to an activating group) is 1. The number of nitrogens with one attached hydrogen (secondary N) is 2. The number of furan rings is 2. The summed E-state index contributed by atoms with van der Waals surface area (Å²) in [6.45, 7) is 0.294. The van der Waals surface area contributed by atoms with E-state index in [-0.39, 0.29) is 22.9 Å². The molecule has 1 fully saturated rings. The van der Waals surface area contributed by atoms with E-state index in [1.165, 1.54) is 12.1 Å². The molecule has 1 aliphatic rings. The van der Waals surface area contributed by atoms with Crippen LogP contribution in [0.5, 0.6) is 0 Å². The first-order valence-electron chi connectivity index (χ1n) is 7.97. The quantitative estimate of drug-likeness (QED) is 0.730. The van der Waals surface area contributed by atoms with Crippen LogP contribution >= 0.6 is 0 Å². The van der Waals surface area contributed by atoms with E-state index in [0.717, 1.165) is 18.6 Å². The van der Waals surface area contributed by atoms with E-state index in [4.69, 9.17) is 8.83 Å². The molecule has 0 bridgehead atoms. The van der Waals surface area contributed by atoms with Crippen molar-refractivity contribution in [1.29, 1.82) is 0 Å². The number of hydrogen-bond acceptors (Lipinski definition) is 6. The lowest BCUT2D eigenvalue weighted by molar-refractivity contribution is 0.0906. The summed E-state index contributed by atoms with van der Waals surface area (Å²) in [4.78, 5) is 14.2. The van der Waals surface area contributed by atoms with Crippen LogP contribution in [0, 0.1) is 0 Å². The molecule has 0 unspecified atom stereocenters. The minimum absolute atomic E-state index is 0.0264. The highest BCUT2D eigenvalue weighted by Gasteiger charge is 2.30. The Bertz CT molecular complexity index is 822. The Kier molecular flexibility index (Phi) is 4.98. The van der Waals surface area contributed by atoms with Crippen molar-refractivity contribution in [2.75, 3.05) is 20.6 Å². The number of nitrogens with zero attached hydrogens (tertiary/aromatic N) is 1. The van der Waals surface area contributed by atoms with Crippen LogP contribution in [0.15, 0.2) is 44.5 Å². The molecule has 1 atom stereocenters. The first kappa shape index (κ1) is 17.7. The molecule has 1 aliphatic carbocycles. The van der Waals surface area contributed by atoms with Gasteiger partial charge in [0.15, 0.2) is 5.76 Å². The minimum Gasteiger partial charge on any atom is -0.468 e. The molecule has 2 N–H and O–H groups in total. The number of amides is 1. The zero-order chi connectivity index (χ0) is 18.0. The molecule has 0 aliphatic heterocycles. The van der Waals surface area contributed by atoms with Crippen LogP contribution in [0.3, 0.4) is 0 Å².